The molecule has 1 unspecified atom stereocenters. The average molecular weight is 337 g/mol. The molecule has 130 valence electrons. The predicted octanol–water partition coefficient (Wildman–Crippen LogP) is 2.87. The van der Waals surface area contributed by atoms with Crippen LogP contribution in [0.4, 0.5) is 5.69 Å². The molecule has 2 heterocycles. The summed E-state index contributed by atoms with van der Waals surface area (Å²) in [6.07, 6.45) is 3.68. The third kappa shape index (κ3) is 3.87. The van der Waals surface area contributed by atoms with Crippen LogP contribution in [0.1, 0.15) is 37.3 Å². The second kappa shape index (κ2) is 7.47. The number of hydrogen-bond acceptors (Lipinski definition) is 3. The van der Waals surface area contributed by atoms with Gasteiger partial charge in [0.2, 0.25) is 11.8 Å². The highest BCUT2D eigenvalue weighted by Gasteiger charge is 2.35. The molecule has 3 rings (SSSR count). The first kappa shape index (κ1) is 17.1. The lowest BCUT2D eigenvalue weighted by molar-refractivity contribution is -0.126. The summed E-state index contributed by atoms with van der Waals surface area (Å²) in [5.41, 5.74) is 3.00. The second-order valence-electron chi connectivity index (χ2n) is 6.70. The number of hydrogen-bond donors (Lipinski definition) is 1. The summed E-state index contributed by atoms with van der Waals surface area (Å²) < 4.78 is 0. The number of nitrogens with zero attached hydrogens (tertiary/aromatic N) is 2. The lowest BCUT2D eigenvalue weighted by atomic mass is 10.0. The van der Waals surface area contributed by atoms with Gasteiger partial charge in [-0.1, -0.05) is 38.1 Å². The van der Waals surface area contributed by atoms with Gasteiger partial charge in [-0.25, -0.2) is 0 Å². The largest absolute Gasteiger partial charge is 0.352 e. The van der Waals surface area contributed by atoms with Crippen LogP contribution in [0, 0.1) is 5.92 Å². The van der Waals surface area contributed by atoms with Crippen LogP contribution in [0.2, 0.25) is 0 Å². The summed E-state index contributed by atoms with van der Waals surface area (Å²) in [5, 5.41) is 2.91. The molecule has 1 atom stereocenters. The molecule has 0 saturated carbocycles. The van der Waals surface area contributed by atoms with Crippen molar-refractivity contribution in [3.8, 4) is 0 Å². The first-order valence-electron chi connectivity index (χ1n) is 8.62. The van der Waals surface area contributed by atoms with Crippen molar-refractivity contribution in [1.82, 2.24) is 10.3 Å². The first-order valence-corrected chi connectivity index (χ1v) is 8.62. The van der Waals surface area contributed by atoms with Gasteiger partial charge in [0, 0.05) is 37.6 Å². The molecule has 0 bridgehead atoms. The minimum Gasteiger partial charge on any atom is -0.352 e. The van der Waals surface area contributed by atoms with Gasteiger partial charge >= 0.3 is 0 Å². The topological polar surface area (TPSA) is 62.3 Å². The molecule has 5 heteroatoms. The Morgan fingerprint density at radius 1 is 1.28 bits per heavy atom. The number of aromatic nitrogens is 1. The molecular weight excluding hydrogens is 314 g/mol. The lowest BCUT2D eigenvalue weighted by Gasteiger charge is -2.22. The van der Waals surface area contributed by atoms with Crippen LogP contribution in [0.15, 0.2) is 48.8 Å². The fourth-order valence-electron chi connectivity index (χ4n) is 3.17. The molecule has 1 aromatic heterocycles. The van der Waals surface area contributed by atoms with Gasteiger partial charge < -0.3 is 10.2 Å². The highest BCUT2D eigenvalue weighted by molar-refractivity contribution is 6.00. The molecule has 1 fully saturated rings. The van der Waals surface area contributed by atoms with Crippen molar-refractivity contribution < 1.29 is 9.59 Å². The number of nitrogens with one attached hydrogen (secondary N) is 1. The fraction of sp³-hybridized carbons (Fsp3) is 0.350. The Morgan fingerprint density at radius 2 is 2.08 bits per heavy atom. The average Bonchev–Trinajstić information content (AvgIpc) is 3.02. The second-order valence-corrected chi connectivity index (χ2v) is 6.70. The number of benzene rings is 1. The van der Waals surface area contributed by atoms with Crippen LogP contribution in [0.3, 0.4) is 0 Å². The third-order valence-corrected chi connectivity index (χ3v) is 4.53. The summed E-state index contributed by atoms with van der Waals surface area (Å²) in [4.78, 5) is 30.7. The summed E-state index contributed by atoms with van der Waals surface area (Å²) >= 11 is 0. The van der Waals surface area contributed by atoms with E-state index in [-0.39, 0.29) is 24.2 Å². The van der Waals surface area contributed by atoms with E-state index in [1.807, 2.05) is 36.4 Å². The van der Waals surface area contributed by atoms with Crippen molar-refractivity contribution in [3.63, 3.8) is 0 Å². The maximum atomic E-state index is 12.5. The van der Waals surface area contributed by atoms with Gasteiger partial charge in [0.15, 0.2) is 0 Å². The molecule has 25 heavy (non-hydrogen) atoms. The van der Waals surface area contributed by atoms with E-state index in [1.165, 1.54) is 0 Å². The van der Waals surface area contributed by atoms with Crippen LogP contribution in [0.5, 0.6) is 0 Å². The maximum absolute atomic E-state index is 12.5. The molecule has 2 aromatic rings. The molecule has 1 aliphatic rings. The van der Waals surface area contributed by atoms with Crippen LogP contribution in [-0.4, -0.2) is 23.3 Å². The van der Waals surface area contributed by atoms with E-state index in [0.29, 0.717) is 19.0 Å². The summed E-state index contributed by atoms with van der Waals surface area (Å²) in [6, 6.07) is 11.7. The van der Waals surface area contributed by atoms with Crippen molar-refractivity contribution in [1.29, 1.82) is 0 Å². The monoisotopic (exact) mass is 337 g/mol. The van der Waals surface area contributed by atoms with Gasteiger partial charge in [-0.3, -0.25) is 14.6 Å². The quantitative estimate of drug-likeness (QED) is 0.912. The van der Waals surface area contributed by atoms with E-state index < -0.39 is 0 Å². The molecule has 1 aromatic carbocycles. The number of para-hydroxylation sites is 1. The minimum atomic E-state index is -0.315. The zero-order valence-electron chi connectivity index (χ0n) is 14.6. The van der Waals surface area contributed by atoms with Gasteiger partial charge in [-0.15, -0.1) is 0 Å². The lowest BCUT2D eigenvalue weighted by Crippen LogP contribution is -2.32. The van der Waals surface area contributed by atoms with Crippen LogP contribution in [0.25, 0.3) is 0 Å². The predicted molar refractivity (Wildman–Crippen MR) is 97.1 cm³/mol. The van der Waals surface area contributed by atoms with E-state index in [2.05, 4.69) is 24.1 Å². The van der Waals surface area contributed by atoms with Gasteiger partial charge in [0.05, 0.1) is 5.92 Å². The molecule has 1 N–H and O–H groups in total. The van der Waals surface area contributed by atoms with E-state index in [9.17, 15) is 9.59 Å². The Balaban J connectivity index is 1.67. The summed E-state index contributed by atoms with van der Waals surface area (Å²) in [5.74, 6) is -0.0665. The van der Waals surface area contributed by atoms with Crippen molar-refractivity contribution in [2.75, 3.05) is 11.4 Å². The number of carbonyl (C=O) groups excluding carboxylic acids is 2. The van der Waals surface area contributed by atoms with Gasteiger partial charge in [0.1, 0.15) is 0 Å². The summed E-state index contributed by atoms with van der Waals surface area (Å²) in [7, 11) is 0. The van der Waals surface area contributed by atoms with E-state index in [1.54, 1.807) is 17.3 Å². The summed E-state index contributed by atoms with van der Waals surface area (Å²) in [6.45, 7) is 5.08. The van der Waals surface area contributed by atoms with Crippen LogP contribution >= 0.6 is 0 Å². The number of carbonyl (C=O) groups is 2. The normalized spacial score (nSPS) is 17.2. The SMILES string of the molecule is CC(C)c1ccccc1N1CC(C(=O)NCc2cccnc2)CC1=O. The number of anilines is 1. The van der Waals surface area contributed by atoms with E-state index >= 15 is 0 Å². The Bertz CT molecular complexity index is 759. The molecule has 0 radical (unpaired) electrons. The number of amides is 2. The Hall–Kier alpha value is -2.69. The standard InChI is InChI=1S/C20H23N3O2/c1-14(2)17-7-3-4-8-18(17)23-13-16(10-19(23)24)20(25)22-12-15-6-5-9-21-11-15/h3-9,11,14,16H,10,12-13H2,1-2H3,(H,22,25). The smallest absolute Gasteiger partial charge is 0.227 e. The molecule has 2 amide bonds. The molecular formula is C20H23N3O2. The highest BCUT2D eigenvalue weighted by atomic mass is 16.2. The molecule has 1 saturated heterocycles. The van der Waals surface area contributed by atoms with Crippen LogP contribution in [-0.2, 0) is 16.1 Å². The fourth-order valence-corrected chi connectivity index (χ4v) is 3.17. The Morgan fingerprint density at radius 3 is 2.80 bits per heavy atom. The van der Waals surface area contributed by atoms with E-state index in [4.69, 9.17) is 0 Å². The number of pyridine rings is 1. The number of rotatable bonds is 5. The van der Waals surface area contributed by atoms with Crippen molar-refractivity contribution in [3.05, 3.63) is 59.9 Å². The van der Waals surface area contributed by atoms with Crippen LogP contribution < -0.4 is 10.2 Å². The molecule has 0 aliphatic carbocycles. The zero-order chi connectivity index (χ0) is 17.8. The Kier molecular flexibility index (Phi) is 5.12. The van der Waals surface area contributed by atoms with Gasteiger partial charge in [0.25, 0.3) is 0 Å². The minimum absolute atomic E-state index is 0.00891. The van der Waals surface area contributed by atoms with Crippen molar-refractivity contribution in [2.24, 2.45) is 5.92 Å². The third-order valence-electron chi connectivity index (χ3n) is 4.53. The first-order chi connectivity index (χ1) is 12.1. The highest BCUT2D eigenvalue weighted by Crippen LogP contribution is 2.32. The van der Waals surface area contributed by atoms with Crippen molar-refractivity contribution in [2.45, 2.75) is 32.7 Å². The van der Waals surface area contributed by atoms with Crippen molar-refractivity contribution >= 4 is 17.5 Å². The Labute approximate surface area is 148 Å². The zero-order valence-corrected chi connectivity index (χ0v) is 14.6. The molecule has 5 nitrogen and oxygen atoms in total. The molecule has 0 spiro atoms. The van der Waals surface area contributed by atoms with Gasteiger partial charge in [-0.05, 0) is 29.2 Å². The molecule has 1 aliphatic heterocycles. The van der Waals surface area contributed by atoms with E-state index in [0.717, 1.165) is 16.8 Å². The maximum Gasteiger partial charge on any atom is 0.227 e. The van der Waals surface area contributed by atoms with Gasteiger partial charge in [-0.2, -0.15) is 0 Å².